The summed E-state index contributed by atoms with van der Waals surface area (Å²) in [5, 5.41) is 0. The minimum atomic E-state index is -0.196. The molecule has 42 heavy (non-hydrogen) atoms. The van der Waals surface area contributed by atoms with Crippen molar-refractivity contribution in [2.24, 2.45) is 50.2 Å². The van der Waals surface area contributed by atoms with Crippen LogP contribution in [0.4, 0.5) is 0 Å². The fraction of sp³-hybridized carbons (Fsp3) is 0.769. The molecule has 1 unspecified atom stereocenters. The first kappa shape index (κ1) is 30.4. The monoisotopic (exact) mass is 574 g/mol. The predicted octanol–water partition coefficient (Wildman–Crippen LogP) is 9.94. The van der Waals surface area contributed by atoms with Crippen molar-refractivity contribution in [3.05, 3.63) is 47.5 Å². The molecule has 0 heterocycles. The molecule has 5 aliphatic rings. The molecular formula is C39H58O3. The molecule has 0 saturated heterocycles. The highest BCUT2D eigenvalue weighted by Crippen LogP contribution is 2.75. The number of ether oxygens (including phenoxy) is 2. The Bertz CT molecular complexity index is 1220. The molecule has 3 nitrogen and oxygen atoms in total. The maximum absolute atomic E-state index is 12.3. The molecule has 3 heteroatoms. The first-order valence-electron chi connectivity index (χ1n) is 17.2. The Hall–Kier alpha value is -1.61. The predicted molar refractivity (Wildman–Crippen MR) is 171 cm³/mol. The van der Waals surface area contributed by atoms with Crippen molar-refractivity contribution in [2.75, 3.05) is 6.61 Å². The van der Waals surface area contributed by atoms with Crippen LogP contribution in [-0.2, 0) is 20.9 Å². The van der Waals surface area contributed by atoms with Gasteiger partial charge in [0.15, 0.2) is 0 Å². The van der Waals surface area contributed by atoms with Crippen LogP contribution in [0, 0.1) is 50.2 Å². The van der Waals surface area contributed by atoms with E-state index in [1.807, 2.05) is 5.57 Å². The standard InChI is InChI=1S/C39H58O3/c1-27(40)42-33-17-18-36(5)31(37(33,6)26-41-25-28-12-10-9-11-13-28)16-19-39(8)32(36)15-14-29-30-24-34(2,3)20-21-35(30,4)22-23-38(29,39)7/h9-14,30-33H,15-26H2,1-8H3/t30-,31?,32-,33+,35-,36+,37+,38-,39-/m1/s1. The van der Waals surface area contributed by atoms with Crippen LogP contribution >= 0.6 is 0 Å². The van der Waals surface area contributed by atoms with Crippen molar-refractivity contribution >= 4 is 5.97 Å². The van der Waals surface area contributed by atoms with Crippen molar-refractivity contribution in [3.8, 4) is 0 Å². The third-order valence-electron chi connectivity index (χ3n) is 14.6. The van der Waals surface area contributed by atoms with Gasteiger partial charge < -0.3 is 9.47 Å². The van der Waals surface area contributed by atoms with E-state index in [4.69, 9.17) is 9.47 Å². The number of esters is 1. The minimum absolute atomic E-state index is 0.0849. The smallest absolute Gasteiger partial charge is 0.302 e. The lowest BCUT2D eigenvalue weighted by Gasteiger charge is -2.71. The first-order chi connectivity index (χ1) is 19.7. The van der Waals surface area contributed by atoms with Gasteiger partial charge in [0.25, 0.3) is 0 Å². The highest BCUT2D eigenvalue weighted by Gasteiger charge is 2.68. The molecule has 0 radical (unpaired) electrons. The molecule has 0 N–H and O–H groups in total. The Kier molecular flexibility index (Phi) is 7.40. The van der Waals surface area contributed by atoms with Crippen LogP contribution < -0.4 is 0 Å². The quantitative estimate of drug-likeness (QED) is 0.259. The zero-order valence-corrected chi connectivity index (χ0v) is 28.0. The second-order valence-electron chi connectivity index (χ2n) is 17.5. The van der Waals surface area contributed by atoms with Gasteiger partial charge in [-0.05, 0) is 115 Å². The molecule has 0 aliphatic heterocycles. The van der Waals surface area contributed by atoms with Crippen LogP contribution in [-0.4, -0.2) is 18.7 Å². The maximum Gasteiger partial charge on any atom is 0.302 e. The topological polar surface area (TPSA) is 35.5 Å². The van der Waals surface area contributed by atoms with Crippen molar-refractivity contribution < 1.29 is 14.3 Å². The third-order valence-corrected chi connectivity index (χ3v) is 14.6. The number of hydrogen-bond donors (Lipinski definition) is 0. The Labute approximate surface area is 256 Å². The SMILES string of the molecule is CC(=O)O[C@H]1CC[C@@]2(C)C(CC[C@]3(C)[C@@H]2CC=C2[C@H]4CC(C)(C)CC[C@]4(C)CC[C@]23C)[C@]1(C)COCc1ccccc1. The molecule has 0 aromatic heterocycles. The van der Waals surface area contributed by atoms with Gasteiger partial charge >= 0.3 is 5.97 Å². The van der Waals surface area contributed by atoms with Crippen LogP contribution in [0.5, 0.6) is 0 Å². The minimum Gasteiger partial charge on any atom is -0.462 e. The highest BCUT2D eigenvalue weighted by atomic mass is 16.5. The lowest BCUT2D eigenvalue weighted by Crippen LogP contribution is -2.65. The first-order valence-corrected chi connectivity index (χ1v) is 17.2. The van der Waals surface area contributed by atoms with Crippen LogP contribution in [0.3, 0.4) is 0 Å². The zero-order valence-electron chi connectivity index (χ0n) is 28.0. The molecule has 1 aromatic rings. The summed E-state index contributed by atoms with van der Waals surface area (Å²) in [5.74, 6) is 1.69. The zero-order chi connectivity index (χ0) is 30.2. The Morgan fingerprint density at radius 3 is 2.29 bits per heavy atom. The molecule has 0 amide bonds. The lowest BCUT2D eigenvalue weighted by atomic mass is 9.33. The summed E-state index contributed by atoms with van der Waals surface area (Å²) in [7, 11) is 0. The van der Waals surface area contributed by atoms with Gasteiger partial charge in [-0.25, -0.2) is 0 Å². The number of fused-ring (bicyclic) bond motifs is 7. The van der Waals surface area contributed by atoms with Gasteiger partial charge in [0.2, 0.25) is 0 Å². The molecule has 0 spiro atoms. The fourth-order valence-corrected chi connectivity index (χ4v) is 11.9. The molecule has 1 aromatic carbocycles. The summed E-state index contributed by atoms with van der Waals surface area (Å²) < 4.78 is 12.7. The van der Waals surface area contributed by atoms with Crippen molar-refractivity contribution in [1.82, 2.24) is 0 Å². The average molecular weight is 575 g/mol. The van der Waals surface area contributed by atoms with E-state index in [1.165, 1.54) is 56.9 Å². The summed E-state index contributed by atoms with van der Waals surface area (Å²) in [6.45, 7) is 20.9. The number of rotatable bonds is 5. The second kappa shape index (κ2) is 10.2. The van der Waals surface area contributed by atoms with E-state index < -0.39 is 0 Å². The maximum atomic E-state index is 12.3. The molecule has 0 bridgehead atoms. The normalized spacial score (nSPS) is 45.9. The average Bonchev–Trinajstić information content (AvgIpc) is 2.92. The molecule has 4 fully saturated rings. The van der Waals surface area contributed by atoms with Crippen molar-refractivity contribution in [1.29, 1.82) is 0 Å². The Morgan fingerprint density at radius 1 is 0.857 bits per heavy atom. The van der Waals surface area contributed by atoms with E-state index in [-0.39, 0.29) is 28.3 Å². The van der Waals surface area contributed by atoms with Gasteiger partial charge in [0.05, 0.1) is 13.2 Å². The van der Waals surface area contributed by atoms with Gasteiger partial charge in [-0.1, -0.05) is 90.4 Å². The van der Waals surface area contributed by atoms with E-state index >= 15 is 0 Å². The third kappa shape index (κ3) is 4.57. The molecule has 5 aliphatic carbocycles. The highest BCUT2D eigenvalue weighted by molar-refractivity contribution is 5.66. The largest absolute Gasteiger partial charge is 0.462 e. The van der Waals surface area contributed by atoms with E-state index in [1.54, 1.807) is 6.92 Å². The molecule has 4 saturated carbocycles. The van der Waals surface area contributed by atoms with Gasteiger partial charge in [0, 0.05) is 12.3 Å². The fourth-order valence-electron chi connectivity index (χ4n) is 11.9. The van der Waals surface area contributed by atoms with E-state index in [0.29, 0.717) is 41.3 Å². The number of hydrogen-bond acceptors (Lipinski definition) is 3. The van der Waals surface area contributed by atoms with Gasteiger partial charge in [-0.3, -0.25) is 4.79 Å². The van der Waals surface area contributed by atoms with E-state index in [9.17, 15) is 4.79 Å². The van der Waals surface area contributed by atoms with Gasteiger partial charge in [-0.15, -0.1) is 0 Å². The van der Waals surface area contributed by atoms with Gasteiger partial charge in [0.1, 0.15) is 6.10 Å². The molecule has 6 rings (SSSR count). The summed E-state index contributed by atoms with van der Waals surface area (Å²) in [4.78, 5) is 12.3. The number of allylic oxidation sites excluding steroid dienone is 2. The molecular weight excluding hydrogens is 516 g/mol. The number of carbonyl (C=O) groups is 1. The van der Waals surface area contributed by atoms with Gasteiger partial charge in [-0.2, -0.15) is 0 Å². The lowest BCUT2D eigenvalue weighted by molar-refractivity contribution is -0.227. The van der Waals surface area contributed by atoms with Crippen LogP contribution in [0.1, 0.15) is 125 Å². The Morgan fingerprint density at radius 2 is 1.57 bits per heavy atom. The Balaban J connectivity index is 1.33. The van der Waals surface area contributed by atoms with Crippen molar-refractivity contribution in [3.63, 3.8) is 0 Å². The van der Waals surface area contributed by atoms with E-state index in [0.717, 1.165) is 18.8 Å². The summed E-state index contributed by atoms with van der Waals surface area (Å²) in [6, 6.07) is 10.5. The number of carbonyl (C=O) groups excluding carboxylic acids is 1. The van der Waals surface area contributed by atoms with Crippen LogP contribution in [0.15, 0.2) is 42.0 Å². The van der Waals surface area contributed by atoms with Crippen LogP contribution in [0.2, 0.25) is 0 Å². The second-order valence-corrected chi connectivity index (χ2v) is 17.5. The molecule has 232 valence electrons. The van der Waals surface area contributed by atoms with Crippen molar-refractivity contribution in [2.45, 2.75) is 132 Å². The summed E-state index contributed by atoms with van der Waals surface area (Å²) >= 11 is 0. The summed E-state index contributed by atoms with van der Waals surface area (Å²) in [6.07, 6.45) is 15.3. The number of benzene rings is 1. The van der Waals surface area contributed by atoms with Crippen LogP contribution in [0.25, 0.3) is 0 Å². The van der Waals surface area contributed by atoms with E-state index in [2.05, 4.69) is 84.9 Å². The summed E-state index contributed by atoms with van der Waals surface area (Å²) in [5.41, 5.74) is 4.54. The molecule has 9 atom stereocenters.